The van der Waals surface area contributed by atoms with Crippen LogP contribution in [0.25, 0.3) is 0 Å². The molecule has 1 heterocycles. The third-order valence-electron chi connectivity index (χ3n) is 9.36. The van der Waals surface area contributed by atoms with Crippen molar-refractivity contribution in [1.29, 1.82) is 0 Å². The van der Waals surface area contributed by atoms with Crippen molar-refractivity contribution in [1.82, 2.24) is 15.5 Å². The van der Waals surface area contributed by atoms with E-state index in [2.05, 4.69) is 10.6 Å². The van der Waals surface area contributed by atoms with E-state index >= 15 is 0 Å². The number of nitrogens with one attached hydrogen (secondary N) is 2. The number of nitrogens with zero attached hydrogens (tertiary/aromatic N) is 2. The number of hydrogen-bond acceptors (Lipinski definition) is 6. The Bertz CT molecular complexity index is 1660. The molecule has 4 amide bonds. The smallest absolute Gasteiger partial charge is 0.326 e. The van der Waals surface area contributed by atoms with Crippen LogP contribution >= 0.6 is 11.6 Å². The lowest BCUT2D eigenvalue weighted by Gasteiger charge is -2.31. The highest BCUT2D eigenvalue weighted by atomic mass is 35.5. The summed E-state index contributed by atoms with van der Waals surface area (Å²) in [4.78, 5) is 67.6. The van der Waals surface area contributed by atoms with E-state index in [-0.39, 0.29) is 36.7 Å². The van der Waals surface area contributed by atoms with Gasteiger partial charge in [0.05, 0.1) is 5.41 Å². The zero-order valence-corrected chi connectivity index (χ0v) is 28.3. The van der Waals surface area contributed by atoms with E-state index in [9.17, 15) is 29.1 Å². The molecule has 0 aromatic heterocycles. The van der Waals surface area contributed by atoms with Crippen molar-refractivity contribution in [2.24, 2.45) is 5.41 Å². The Morgan fingerprint density at radius 3 is 2.24 bits per heavy atom. The summed E-state index contributed by atoms with van der Waals surface area (Å²) in [6.07, 6.45) is 2.66. The Labute approximate surface area is 290 Å². The minimum absolute atomic E-state index is 0.0233. The van der Waals surface area contributed by atoms with Gasteiger partial charge >= 0.3 is 5.97 Å². The molecule has 0 radical (unpaired) electrons. The SMILES string of the molecule is CC(=O)NCCC1(C(=O)NC(Cc2ccc(N3C(=O)[C@@H](C)N(C(=O)COc4ccccc4)C3c3ccc(Cl)cc3)cc2)C(=O)O)CCCC1. The molecule has 3 atom stereocenters. The van der Waals surface area contributed by atoms with Crippen molar-refractivity contribution in [2.45, 2.75) is 70.6 Å². The quantitative estimate of drug-likeness (QED) is 0.232. The van der Waals surface area contributed by atoms with Crippen molar-refractivity contribution < 1.29 is 33.8 Å². The molecule has 12 heteroatoms. The molecule has 2 unspecified atom stereocenters. The third kappa shape index (κ3) is 8.22. The maximum atomic E-state index is 13.8. The number of amides is 4. The molecule has 3 N–H and O–H groups in total. The zero-order chi connectivity index (χ0) is 35.1. The highest BCUT2D eigenvalue weighted by molar-refractivity contribution is 6.30. The van der Waals surface area contributed by atoms with E-state index in [0.717, 1.165) is 12.8 Å². The second-order valence-electron chi connectivity index (χ2n) is 12.7. The first-order valence-electron chi connectivity index (χ1n) is 16.4. The lowest BCUT2D eigenvalue weighted by Crippen LogP contribution is -2.49. The molecule has 2 fully saturated rings. The van der Waals surface area contributed by atoms with Gasteiger partial charge in [-0.3, -0.25) is 24.1 Å². The van der Waals surface area contributed by atoms with Gasteiger partial charge in [0.2, 0.25) is 11.8 Å². The van der Waals surface area contributed by atoms with Gasteiger partial charge in [0, 0.05) is 30.6 Å². The fraction of sp³-hybridized carbons (Fsp3) is 0.378. The average molecular weight is 689 g/mol. The number of anilines is 1. The van der Waals surface area contributed by atoms with Gasteiger partial charge in [0.15, 0.2) is 6.61 Å². The molecule has 1 saturated carbocycles. The van der Waals surface area contributed by atoms with E-state index in [1.54, 1.807) is 84.6 Å². The number of ether oxygens (including phenoxy) is 1. The predicted octanol–water partition coefficient (Wildman–Crippen LogP) is 4.88. The predicted molar refractivity (Wildman–Crippen MR) is 184 cm³/mol. The second-order valence-corrected chi connectivity index (χ2v) is 13.1. The van der Waals surface area contributed by atoms with Crippen LogP contribution in [0.15, 0.2) is 78.9 Å². The third-order valence-corrected chi connectivity index (χ3v) is 9.61. The summed E-state index contributed by atoms with van der Waals surface area (Å²) in [5.74, 6) is -1.79. The summed E-state index contributed by atoms with van der Waals surface area (Å²) in [6, 6.07) is 20.8. The molecule has 0 spiro atoms. The van der Waals surface area contributed by atoms with Crippen LogP contribution in [0, 0.1) is 5.41 Å². The number of carbonyl (C=O) groups excluding carboxylic acids is 4. The standard InChI is InChI=1S/C37H41ClN4O7/c1-24-34(45)42(33(27-12-14-28(38)15-13-27)41(24)32(44)23-49-30-8-4-3-5-9-30)29-16-10-26(11-17-29)22-31(35(46)47)40-36(48)37(18-6-7-19-37)20-21-39-25(2)43/h3-5,8-17,24,31,33H,6-7,18-23H2,1-2H3,(H,39,43)(H,40,48)(H,46,47)/t24-,31?,33?/m1/s1. The molecule has 49 heavy (non-hydrogen) atoms. The zero-order valence-electron chi connectivity index (χ0n) is 27.6. The van der Waals surface area contributed by atoms with Gasteiger partial charge in [-0.05, 0) is 73.7 Å². The van der Waals surface area contributed by atoms with E-state index in [4.69, 9.17) is 16.3 Å². The van der Waals surface area contributed by atoms with Crippen LogP contribution in [0.2, 0.25) is 5.02 Å². The first-order valence-corrected chi connectivity index (χ1v) is 16.8. The molecule has 258 valence electrons. The normalized spacial score (nSPS) is 19.0. The van der Waals surface area contributed by atoms with Gasteiger partial charge in [-0.1, -0.05) is 66.9 Å². The first kappa shape index (κ1) is 35.4. The molecule has 1 aliphatic heterocycles. The molecule has 5 rings (SSSR count). The van der Waals surface area contributed by atoms with Crippen molar-refractivity contribution in [3.8, 4) is 5.75 Å². The molecule has 3 aromatic carbocycles. The first-order chi connectivity index (χ1) is 23.5. The topological polar surface area (TPSA) is 145 Å². The number of carboxylic acids is 1. The number of carbonyl (C=O) groups is 5. The van der Waals surface area contributed by atoms with Crippen LogP contribution < -0.4 is 20.3 Å². The average Bonchev–Trinajstić information content (AvgIpc) is 3.67. The Balaban J connectivity index is 1.34. The molecule has 2 aliphatic rings. The van der Waals surface area contributed by atoms with Crippen molar-refractivity contribution in [3.05, 3.63) is 95.0 Å². The lowest BCUT2D eigenvalue weighted by molar-refractivity contribution is -0.144. The molecule has 3 aromatic rings. The number of para-hydroxylation sites is 1. The molecular weight excluding hydrogens is 648 g/mol. The van der Waals surface area contributed by atoms with Gasteiger partial charge in [-0.2, -0.15) is 0 Å². The molecule has 1 saturated heterocycles. The summed E-state index contributed by atoms with van der Waals surface area (Å²) in [5.41, 5.74) is 1.10. The summed E-state index contributed by atoms with van der Waals surface area (Å²) in [7, 11) is 0. The van der Waals surface area contributed by atoms with Crippen molar-refractivity contribution >= 4 is 46.9 Å². The van der Waals surface area contributed by atoms with Gasteiger partial charge in [-0.25, -0.2) is 4.79 Å². The van der Waals surface area contributed by atoms with Crippen LogP contribution in [-0.2, 0) is 30.4 Å². The monoisotopic (exact) mass is 688 g/mol. The van der Waals surface area contributed by atoms with Crippen LogP contribution in [0.4, 0.5) is 5.69 Å². The maximum absolute atomic E-state index is 13.8. The number of halogens is 1. The van der Waals surface area contributed by atoms with E-state index in [0.29, 0.717) is 53.4 Å². The van der Waals surface area contributed by atoms with Gasteiger partial charge in [0.25, 0.3) is 11.8 Å². The Morgan fingerprint density at radius 2 is 1.63 bits per heavy atom. The number of rotatable bonds is 13. The number of benzene rings is 3. The summed E-state index contributed by atoms with van der Waals surface area (Å²) >= 11 is 6.17. The van der Waals surface area contributed by atoms with Crippen molar-refractivity contribution in [2.75, 3.05) is 18.1 Å². The summed E-state index contributed by atoms with van der Waals surface area (Å²) < 4.78 is 5.74. The van der Waals surface area contributed by atoms with Gasteiger partial charge < -0.3 is 25.4 Å². The fourth-order valence-electron chi connectivity index (χ4n) is 6.74. The number of carboxylic acid groups (broad SMARTS) is 1. The lowest BCUT2D eigenvalue weighted by atomic mass is 9.81. The van der Waals surface area contributed by atoms with Crippen LogP contribution in [0.5, 0.6) is 5.75 Å². The minimum Gasteiger partial charge on any atom is -0.484 e. The Kier molecular flexibility index (Phi) is 11.2. The van der Waals surface area contributed by atoms with Crippen LogP contribution in [0.3, 0.4) is 0 Å². The Hall–Kier alpha value is -4.90. The molecule has 0 bridgehead atoms. The summed E-state index contributed by atoms with van der Waals surface area (Å²) in [5, 5.41) is 16.1. The minimum atomic E-state index is -1.18. The highest BCUT2D eigenvalue weighted by Gasteiger charge is 2.48. The Morgan fingerprint density at radius 1 is 0.980 bits per heavy atom. The maximum Gasteiger partial charge on any atom is 0.326 e. The van der Waals surface area contributed by atoms with Crippen LogP contribution in [0.1, 0.15) is 63.2 Å². The molecular formula is C37H41ClN4O7. The van der Waals surface area contributed by atoms with Crippen molar-refractivity contribution in [3.63, 3.8) is 0 Å². The highest BCUT2D eigenvalue weighted by Crippen LogP contribution is 2.42. The number of aliphatic carboxylic acids is 1. The van der Waals surface area contributed by atoms with E-state index in [1.165, 1.54) is 11.8 Å². The van der Waals surface area contributed by atoms with E-state index < -0.39 is 29.6 Å². The van der Waals surface area contributed by atoms with Gasteiger partial charge in [0.1, 0.15) is 24.0 Å². The molecule has 1 aliphatic carbocycles. The summed E-state index contributed by atoms with van der Waals surface area (Å²) in [6.45, 7) is 3.17. The van der Waals surface area contributed by atoms with Crippen LogP contribution in [-0.4, -0.2) is 64.8 Å². The fourth-order valence-corrected chi connectivity index (χ4v) is 6.86. The van der Waals surface area contributed by atoms with Gasteiger partial charge in [-0.15, -0.1) is 0 Å². The van der Waals surface area contributed by atoms with E-state index in [1.807, 2.05) is 6.07 Å². The second kappa shape index (κ2) is 15.5. The molecule has 11 nitrogen and oxygen atoms in total. The largest absolute Gasteiger partial charge is 0.484 e. The number of hydrogen-bond donors (Lipinski definition) is 3.